The molecule has 1 aliphatic rings. The highest BCUT2D eigenvalue weighted by Crippen LogP contribution is 2.32. The quantitative estimate of drug-likeness (QED) is 0.0999. The van der Waals surface area contributed by atoms with Gasteiger partial charge in [-0.15, -0.1) is 0 Å². The summed E-state index contributed by atoms with van der Waals surface area (Å²) in [4.78, 5) is 22.8. The summed E-state index contributed by atoms with van der Waals surface area (Å²) in [5.41, 5.74) is 2.09. The smallest absolute Gasteiger partial charge is 0.279 e. The van der Waals surface area contributed by atoms with E-state index in [0.29, 0.717) is 74.7 Å². The highest BCUT2D eigenvalue weighted by molar-refractivity contribution is 7.99. The van der Waals surface area contributed by atoms with Crippen LogP contribution in [-0.2, 0) is 25.8 Å². The Morgan fingerprint density at radius 3 is 2.48 bits per heavy atom. The summed E-state index contributed by atoms with van der Waals surface area (Å²) >= 11 is 5.96. The predicted octanol–water partition coefficient (Wildman–Crippen LogP) is 3.67. The maximum Gasteiger partial charge on any atom is 0.279 e. The first-order chi connectivity index (χ1) is 23.0. The molecule has 1 fully saturated rings. The van der Waals surface area contributed by atoms with E-state index in [0.717, 1.165) is 5.75 Å². The normalized spacial score (nSPS) is 15.3. The van der Waals surface area contributed by atoms with Crippen molar-refractivity contribution in [3.05, 3.63) is 84.2 Å². The van der Waals surface area contributed by atoms with Crippen molar-refractivity contribution in [3.8, 4) is 5.75 Å². The van der Waals surface area contributed by atoms with Crippen LogP contribution in [0.4, 0.5) is 5.69 Å². The first-order valence-corrected chi connectivity index (χ1v) is 20.5. The third-order valence-electron chi connectivity index (χ3n) is 7.76. The number of nitrogens with zero attached hydrogens (tertiary/aromatic N) is 3. The van der Waals surface area contributed by atoms with E-state index >= 15 is 0 Å². The standard InChI is InChI=1S/C32H40N6O6S4/c1-47(40,41)38-14-12-37(13-15-38)22-27(46-23-24-8-3-2-4-9-24)21-34-32(39)29-19-25-18-26(44-16-7-17-45)20-28(31(25)35-29)36-48(42,43)30-10-5-6-11-33-30/h2-6,8-11,18-20,27,35-36,45H,7,12-17,21-23H2,1H3,(H,34,39). The van der Waals surface area contributed by atoms with Gasteiger partial charge in [0, 0.05) is 67.9 Å². The summed E-state index contributed by atoms with van der Waals surface area (Å²) in [5.74, 6) is 1.50. The number of thiol groups is 1. The number of rotatable bonds is 16. The van der Waals surface area contributed by atoms with Gasteiger partial charge >= 0.3 is 0 Å². The number of hydrogen-bond donors (Lipinski definition) is 4. The highest BCUT2D eigenvalue weighted by Gasteiger charge is 2.26. The van der Waals surface area contributed by atoms with Gasteiger partial charge < -0.3 is 15.0 Å². The second-order valence-electron chi connectivity index (χ2n) is 11.4. The molecule has 1 atom stereocenters. The average molecular weight is 733 g/mol. The van der Waals surface area contributed by atoms with E-state index in [1.807, 2.05) is 18.2 Å². The van der Waals surface area contributed by atoms with Crippen molar-refractivity contribution < 1.29 is 26.4 Å². The number of carbonyl (C=O) groups is 1. The minimum absolute atomic E-state index is 0.0240. The van der Waals surface area contributed by atoms with Gasteiger partial charge in [0.15, 0.2) is 5.03 Å². The van der Waals surface area contributed by atoms with Crippen molar-refractivity contribution in [1.82, 2.24) is 24.5 Å². The number of nitrogens with one attached hydrogen (secondary N) is 3. The van der Waals surface area contributed by atoms with Crippen molar-refractivity contribution in [3.63, 3.8) is 0 Å². The summed E-state index contributed by atoms with van der Waals surface area (Å²) in [5, 5.41) is 3.54. The maximum absolute atomic E-state index is 13.5. The number of anilines is 1. The van der Waals surface area contributed by atoms with E-state index in [4.69, 9.17) is 4.74 Å². The van der Waals surface area contributed by atoms with E-state index in [-0.39, 0.29) is 27.6 Å². The van der Waals surface area contributed by atoms with Crippen LogP contribution < -0.4 is 14.8 Å². The van der Waals surface area contributed by atoms with Crippen LogP contribution in [-0.4, -0.2) is 105 Å². The Hall–Kier alpha value is -3.28. The Kier molecular flexibility index (Phi) is 12.3. The van der Waals surface area contributed by atoms with Gasteiger partial charge in [-0.3, -0.25) is 14.4 Å². The molecule has 2 aromatic heterocycles. The fourth-order valence-corrected chi connectivity index (χ4v) is 8.36. The summed E-state index contributed by atoms with van der Waals surface area (Å²) < 4.78 is 60.3. The SMILES string of the molecule is CS(=O)(=O)N1CCN(CC(CNC(=O)c2cc3cc(OCCCS)cc(NS(=O)(=O)c4ccccn4)c3[nH]2)SCc2ccccc2)CC1. The van der Waals surface area contributed by atoms with Crippen molar-refractivity contribution in [2.24, 2.45) is 0 Å². The molecular formula is C32H40N6O6S4. The number of amides is 1. The van der Waals surface area contributed by atoms with Gasteiger partial charge in [-0.1, -0.05) is 36.4 Å². The summed E-state index contributed by atoms with van der Waals surface area (Å²) in [6.45, 7) is 3.53. The molecule has 0 bridgehead atoms. The fourth-order valence-electron chi connectivity index (χ4n) is 5.26. The molecule has 2 aromatic carbocycles. The van der Waals surface area contributed by atoms with Crippen LogP contribution in [0.3, 0.4) is 0 Å². The van der Waals surface area contributed by atoms with Gasteiger partial charge in [-0.05, 0) is 42.0 Å². The molecule has 4 aromatic rings. The minimum Gasteiger partial charge on any atom is -0.493 e. The van der Waals surface area contributed by atoms with Gasteiger partial charge in [0.1, 0.15) is 11.4 Å². The number of H-pyrrole nitrogens is 1. The number of ether oxygens (including phenoxy) is 1. The van der Waals surface area contributed by atoms with Crippen molar-refractivity contribution in [2.75, 3.05) is 62.6 Å². The Morgan fingerprint density at radius 2 is 1.79 bits per heavy atom. The summed E-state index contributed by atoms with van der Waals surface area (Å²) in [7, 11) is -7.26. The molecule has 1 aliphatic heterocycles. The monoisotopic (exact) mass is 732 g/mol. The molecule has 1 saturated heterocycles. The van der Waals surface area contributed by atoms with Crippen molar-refractivity contribution in [2.45, 2.75) is 22.4 Å². The van der Waals surface area contributed by atoms with E-state index < -0.39 is 20.0 Å². The topological polar surface area (TPSA) is 154 Å². The number of pyridine rings is 1. The number of aromatic nitrogens is 2. The predicted molar refractivity (Wildman–Crippen MR) is 194 cm³/mol. The lowest BCUT2D eigenvalue weighted by atomic mass is 10.2. The molecule has 12 nitrogen and oxygen atoms in total. The number of benzene rings is 2. The van der Waals surface area contributed by atoms with Gasteiger partial charge in [-0.25, -0.2) is 13.4 Å². The second-order valence-corrected chi connectivity index (χ2v) is 16.8. The highest BCUT2D eigenvalue weighted by atomic mass is 32.2. The fraction of sp³-hybridized carbons (Fsp3) is 0.375. The first kappa shape index (κ1) is 36.0. The molecular weight excluding hydrogens is 693 g/mol. The van der Waals surface area contributed by atoms with Crippen LogP contribution in [0.5, 0.6) is 5.75 Å². The number of piperazine rings is 1. The molecule has 258 valence electrons. The van der Waals surface area contributed by atoms with Gasteiger partial charge in [0.2, 0.25) is 10.0 Å². The van der Waals surface area contributed by atoms with Crippen LogP contribution in [0.1, 0.15) is 22.5 Å². The van der Waals surface area contributed by atoms with Crippen LogP contribution in [0, 0.1) is 0 Å². The molecule has 5 rings (SSSR count). The molecule has 3 N–H and O–H groups in total. The van der Waals surface area contributed by atoms with Gasteiger partial charge in [-0.2, -0.15) is 37.1 Å². The number of sulfonamides is 2. The zero-order valence-electron chi connectivity index (χ0n) is 26.5. The van der Waals surface area contributed by atoms with Gasteiger partial charge in [0.25, 0.3) is 15.9 Å². The van der Waals surface area contributed by atoms with Crippen LogP contribution in [0.25, 0.3) is 10.9 Å². The molecule has 0 spiro atoms. The molecule has 1 unspecified atom stereocenters. The van der Waals surface area contributed by atoms with Crippen LogP contribution in [0.2, 0.25) is 0 Å². The van der Waals surface area contributed by atoms with Gasteiger partial charge in [0.05, 0.1) is 24.1 Å². The van der Waals surface area contributed by atoms with Crippen molar-refractivity contribution in [1.29, 1.82) is 0 Å². The Balaban J connectivity index is 1.32. The Morgan fingerprint density at radius 1 is 1.04 bits per heavy atom. The molecule has 0 aliphatic carbocycles. The lowest BCUT2D eigenvalue weighted by Crippen LogP contribution is -2.50. The molecule has 0 radical (unpaired) electrons. The lowest BCUT2D eigenvalue weighted by Gasteiger charge is -2.35. The molecule has 0 saturated carbocycles. The van der Waals surface area contributed by atoms with E-state index in [9.17, 15) is 21.6 Å². The maximum atomic E-state index is 13.5. The first-order valence-electron chi connectivity index (χ1n) is 15.5. The second kappa shape index (κ2) is 16.4. The molecule has 48 heavy (non-hydrogen) atoms. The van der Waals surface area contributed by atoms with Crippen LogP contribution >= 0.6 is 24.4 Å². The van der Waals surface area contributed by atoms with Crippen molar-refractivity contribution >= 4 is 66.9 Å². The number of fused-ring (bicyclic) bond motifs is 1. The van der Waals surface area contributed by atoms with E-state index in [1.54, 1.807) is 42.1 Å². The third-order valence-corrected chi connectivity index (χ3v) is 11.9. The van der Waals surface area contributed by atoms with Crippen LogP contribution in [0.15, 0.2) is 78.0 Å². The zero-order chi connectivity index (χ0) is 34.1. The molecule has 3 heterocycles. The number of carbonyl (C=O) groups excluding carboxylic acids is 1. The lowest BCUT2D eigenvalue weighted by molar-refractivity contribution is 0.0947. The number of aromatic amines is 1. The Labute approximate surface area is 291 Å². The molecule has 1 amide bonds. The zero-order valence-corrected chi connectivity index (χ0v) is 29.9. The average Bonchev–Trinajstić information content (AvgIpc) is 3.51. The minimum atomic E-state index is -4.03. The third kappa shape index (κ3) is 9.89. The summed E-state index contributed by atoms with van der Waals surface area (Å²) in [6, 6.07) is 19.7. The number of hydrogen-bond acceptors (Lipinski definition) is 10. The Bertz CT molecular complexity index is 1880. The summed E-state index contributed by atoms with van der Waals surface area (Å²) in [6.07, 6.45) is 3.34. The largest absolute Gasteiger partial charge is 0.493 e. The number of thioether (sulfide) groups is 1. The molecule has 16 heteroatoms. The van der Waals surface area contributed by atoms with E-state index in [1.165, 1.54) is 28.4 Å². The van der Waals surface area contributed by atoms with E-state index in [2.05, 4.69) is 49.7 Å².